The third kappa shape index (κ3) is 4.18. The molecule has 11 heteroatoms. The number of halogens is 1. The number of azo groups is 1. The Hall–Kier alpha value is -2.84. The lowest BCUT2D eigenvalue weighted by Crippen LogP contribution is -2.35. The highest BCUT2D eigenvalue weighted by atomic mass is 35.5. The summed E-state index contributed by atoms with van der Waals surface area (Å²) in [4.78, 5) is 7.92. The average molecular weight is 404 g/mol. The molecule has 1 heterocycles. The third-order valence-corrected chi connectivity index (χ3v) is 4.72. The molecule has 1 aliphatic rings. The van der Waals surface area contributed by atoms with Crippen molar-refractivity contribution in [1.82, 2.24) is 9.97 Å². The number of benzene rings is 1. The molecule has 0 spiro atoms. The Balaban J connectivity index is 1.90. The van der Waals surface area contributed by atoms with Gasteiger partial charge in [0.2, 0.25) is 5.95 Å². The monoisotopic (exact) mass is 403 g/mol. The highest BCUT2D eigenvalue weighted by molar-refractivity contribution is 6.32. The second kappa shape index (κ2) is 8.45. The maximum atomic E-state index is 10.2. The molecule has 1 fully saturated rings. The van der Waals surface area contributed by atoms with Crippen molar-refractivity contribution < 1.29 is 15.3 Å². The molecule has 0 saturated heterocycles. The number of nitrogens with zero attached hydrogens (tertiary/aromatic N) is 5. The van der Waals surface area contributed by atoms with Crippen LogP contribution in [0.25, 0.3) is 0 Å². The molecule has 1 aromatic heterocycles. The molecule has 3 rings (SSSR count). The van der Waals surface area contributed by atoms with Gasteiger partial charge in [0.15, 0.2) is 16.7 Å². The average Bonchev–Trinajstić information content (AvgIpc) is 2.95. The summed E-state index contributed by atoms with van der Waals surface area (Å²) in [6.45, 7) is -0.259. The summed E-state index contributed by atoms with van der Waals surface area (Å²) in [5.41, 5.74) is 6.60. The van der Waals surface area contributed by atoms with Crippen molar-refractivity contribution in [2.24, 2.45) is 16.1 Å². The second-order valence-corrected chi connectivity index (χ2v) is 6.70. The number of nitriles is 1. The van der Waals surface area contributed by atoms with Gasteiger partial charge in [-0.2, -0.15) is 20.3 Å². The minimum absolute atomic E-state index is 0.0538. The molecule has 1 aliphatic carbocycles. The molecular weight excluding hydrogens is 386 g/mol. The van der Waals surface area contributed by atoms with E-state index in [-0.39, 0.29) is 29.2 Å². The summed E-state index contributed by atoms with van der Waals surface area (Å²) in [7, 11) is 0. The molecule has 0 aliphatic heterocycles. The molecule has 146 valence electrons. The van der Waals surface area contributed by atoms with Gasteiger partial charge in [0, 0.05) is 12.5 Å². The van der Waals surface area contributed by atoms with E-state index in [0.29, 0.717) is 17.7 Å². The number of nitrogen functional groups attached to an aromatic ring is 1. The van der Waals surface area contributed by atoms with E-state index < -0.39 is 24.2 Å². The lowest BCUT2D eigenvalue weighted by atomic mass is 10.1. The summed E-state index contributed by atoms with van der Waals surface area (Å²) in [6.07, 6.45) is -1.89. The van der Waals surface area contributed by atoms with Gasteiger partial charge in [0.25, 0.3) is 0 Å². The van der Waals surface area contributed by atoms with Gasteiger partial charge in [-0.15, -0.1) is 5.11 Å². The highest BCUT2D eigenvalue weighted by Gasteiger charge is 2.41. The fourth-order valence-electron chi connectivity index (χ4n) is 3.00. The van der Waals surface area contributed by atoms with E-state index in [0.717, 1.165) is 0 Å². The number of rotatable bonds is 5. The normalized spacial score (nSPS) is 24.4. The second-order valence-electron chi connectivity index (χ2n) is 6.34. The SMILES string of the molecule is N#Cc1cccc(N=Nc2c(Cl)nc(N)nc2N[C@@H]2C[C@H](CO)[C@@H](O)[C@H]2O)c1. The number of hydrogen-bond donors (Lipinski definition) is 5. The zero-order chi connectivity index (χ0) is 20.3. The topological polar surface area (TPSA) is 173 Å². The Kier molecular flexibility index (Phi) is 6.01. The summed E-state index contributed by atoms with van der Waals surface area (Å²) >= 11 is 6.14. The van der Waals surface area contributed by atoms with Crippen LogP contribution in [0.15, 0.2) is 34.5 Å². The zero-order valence-corrected chi connectivity index (χ0v) is 15.3. The molecule has 4 atom stereocenters. The van der Waals surface area contributed by atoms with Gasteiger partial charge in [0.05, 0.1) is 29.5 Å². The molecule has 1 saturated carbocycles. The van der Waals surface area contributed by atoms with Crippen LogP contribution in [0.3, 0.4) is 0 Å². The lowest BCUT2D eigenvalue weighted by Gasteiger charge is -2.19. The van der Waals surface area contributed by atoms with Crippen LogP contribution in [-0.4, -0.2) is 50.1 Å². The van der Waals surface area contributed by atoms with E-state index in [1.165, 1.54) is 0 Å². The third-order valence-electron chi connectivity index (χ3n) is 4.46. The van der Waals surface area contributed by atoms with E-state index in [4.69, 9.17) is 22.6 Å². The Morgan fingerprint density at radius 3 is 2.75 bits per heavy atom. The van der Waals surface area contributed by atoms with Gasteiger partial charge in [-0.1, -0.05) is 17.7 Å². The van der Waals surface area contributed by atoms with Crippen molar-refractivity contribution in [3.63, 3.8) is 0 Å². The van der Waals surface area contributed by atoms with Gasteiger partial charge in [0.1, 0.15) is 6.10 Å². The minimum Gasteiger partial charge on any atom is -0.396 e. The van der Waals surface area contributed by atoms with E-state index >= 15 is 0 Å². The summed E-state index contributed by atoms with van der Waals surface area (Å²) in [6, 6.07) is 7.91. The number of hydrogen-bond acceptors (Lipinski definition) is 10. The maximum absolute atomic E-state index is 10.2. The van der Waals surface area contributed by atoms with Crippen LogP contribution in [-0.2, 0) is 0 Å². The summed E-state index contributed by atoms with van der Waals surface area (Å²) < 4.78 is 0. The van der Waals surface area contributed by atoms with Crippen LogP contribution >= 0.6 is 11.6 Å². The first-order valence-corrected chi connectivity index (χ1v) is 8.79. The fraction of sp³-hybridized carbons (Fsp3) is 0.353. The van der Waals surface area contributed by atoms with Crippen molar-refractivity contribution >= 4 is 34.7 Å². The van der Waals surface area contributed by atoms with Gasteiger partial charge in [-0.3, -0.25) is 0 Å². The lowest BCUT2D eigenvalue weighted by molar-refractivity contribution is 0.00446. The molecule has 28 heavy (non-hydrogen) atoms. The quantitative estimate of drug-likeness (QED) is 0.369. The van der Waals surface area contributed by atoms with Crippen molar-refractivity contribution in [3.8, 4) is 6.07 Å². The molecule has 10 nitrogen and oxygen atoms in total. The standard InChI is InChI=1S/C17H18ClN7O3/c18-15-12(25-24-10-3-1-2-8(4-10)6-19)16(23-17(20)22-15)21-11-5-9(7-26)13(27)14(11)28/h1-4,9,11,13-14,26-28H,5,7H2,(H3,20,21,22,23)/t9-,11-,13-,14+/m1/s1. The number of nitrogens with one attached hydrogen (secondary N) is 1. The van der Waals surface area contributed by atoms with E-state index in [9.17, 15) is 15.3 Å². The summed E-state index contributed by atoms with van der Waals surface area (Å²) in [5.74, 6) is -0.446. The molecule has 1 aromatic carbocycles. The first-order valence-electron chi connectivity index (χ1n) is 8.41. The number of aromatic nitrogens is 2. The number of nitrogens with two attached hydrogens (primary N) is 1. The van der Waals surface area contributed by atoms with E-state index in [1.54, 1.807) is 24.3 Å². The van der Waals surface area contributed by atoms with Crippen LogP contribution in [0.4, 0.5) is 23.1 Å². The number of anilines is 2. The first kappa shape index (κ1) is 19.9. The van der Waals surface area contributed by atoms with Crippen LogP contribution in [0.5, 0.6) is 0 Å². The molecule has 6 N–H and O–H groups in total. The first-order chi connectivity index (χ1) is 13.4. The van der Waals surface area contributed by atoms with Gasteiger partial charge in [-0.05, 0) is 24.6 Å². The van der Waals surface area contributed by atoms with Gasteiger partial charge in [-0.25, -0.2) is 0 Å². The van der Waals surface area contributed by atoms with Gasteiger partial charge < -0.3 is 26.4 Å². The fourth-order valence-corrected chi connectivity index (χ4v) is 3.22. The van der Waals surface area contributed by atoms with Gasteiger partial charge >= 0.3 is 0 Å². The zero-order valence-electron chi connectivity index (χ0n) is 14.6. The van der Waals surface area contributed by atoms with Crippen LogP contribution in [0.1, 0.15) is 12.0 Å². The Morgan fingerprint density at radius 1 is 1.29 bits per heavy atom. The van der Waals surface area contributed by atoms with Crippen molar-refractivity contribution in [2.45, 2.75) is 24.7 Å². The predicted molar refractivity (Wildman–Crippen MR) is 101 cm³/mol. The minimum atomic E-state index is -1.12. The molecule has 0 unspecified atom stereocenters. The Bertz CT molecular complexity index is 933. The molecule has 2 aromatic rings. The predicted octanol–water partition coefficient (Wildman–Crippen LogP) is 1.51. The van der Waals surface area contributed by atoms with Crippen molar-refractivity contribution in [1.29, 1.82) is 5.26 Å². The van der Waals surface area contributed by atoms with Crippen molar-refractivity contribution in [3.05, 3.63) is 35.0 Å². The number of aliphatic hydroxyl groups excluding tert-OH is 3. The van der Waals surface area contributed by atoms with Crippen LogP contribution in [0.2, 0.25) is 5.15 Å². The number of aliphatic hydroxyl groups is 3. The van der Waals surface area contributed by atoms with Crippen LogP contribution < -0.4 is 11.1 Å². The Morgan fingerprint density at radius 2 is 2.07 bits per heavy atom. The largest absolute Gasteiger partial charge is 0.396 e. The smallest absolute Gasteiger partial charge is 0.223 e. The molecular formula is C17H18ClN7O3. The van der Waals surface area contributed by atoms with E-state index in [1.807, 2.05) is 6.07 Å². The van der Waals surface area contributed by atoms with Crippen LogP contribution in [0, 0.1) is 17.2 Å². The Labute approximate surface area is 165 Å². The molecule has 0 amide bonds. The van der Waals surface area contributed by atoms with Crippen molar-refractivity contribution in [2.75, 3.05) is 17.7 Å². The van der Waals surface area contributed by atoms with E-state index in [2.05, 4.69) is 25.5 Å². The maximum Gasteiger partial charge on any atom is 0.223 e. The molecule has 0 bridgehead atoms. The summed E-state index contributed by atoms with van der Waals surface area (Å²) in [5, 5.41) is 49.5. The molecule has 0 radical (unpaired) electrons. The highest BCUT2D eigenvalue weighted by Crippen LogP contribution is 2.36.